The van der Waals surface area contributed by atoms with Gasteiger partial charge in [0.15, 0.2) is 11.3 Å². The highest BCUT2D eigenvalue weighted by atomic mass is 79.9. The summed E-state index contributed by atoms with van der Waals surface area (Å²) in [5, 5.41) is 17.2. The molecular weight excluding hydrogens is 408 g/mol. The fourth-order valence-electron chi connectivity index (χ4n) is 2.87. The fraction of sp³-hybridized carbons (Fsp3) is 0.368. The van der Waals surface area contributed by atoms with Crippen LogP contribution in [0.5, 0.6) is 0 Å². The van der Waals surface area contributed by atoms with Crippen LogP contribution in [0.15, 0.2) is 29.3 Å². The largest absolute Gasteiger partial charge is 0.396 e. The topological polar surface area (TPSA) is 80.6 Å². The zero-order valence-electron chi connectivity index (χ0n) is 15.9. The molecule has 142 valence electrons. The molecule has 4 rings (SSSR count). The molecule has 7 nitrogen and oxygen atoms in total. The van der Waals surface area contributed by atoms with E-state index in [2.05, 4.69) is 43.0 Å². The minimum atomic E-state index is 0.147. The van der Waals surface area contributed by atoms with E-state index in [1.807, 2.05) is 33.2 Å². The van der Waals surface area contributed by atoms with E-state index in [1.165, 1.54) is 5.56 Å². The number of fused-ring (bicyclic) bond motifs is 2. The number of aryl methyl sites for hydroxylation is 4. The molecule has 4 aromatic rings. The minimum absolute atomic E-state index is 0.147. The molecule has 0 atom stereocenters. The number of aliphatic hydroxyl groups excluding tert-OH is 1. The lowest BCUT2D eigenvalue weighted by molar-refractivity contribution is 0.299. The standard InChI is InChI=1S/C10H13N3O.C9H10BrN3/c1-7-5-11-13-6-9(3-4-14)8(2)12-10(7)13;1-3-7-5-13-9(12-6(7)2)8(10)4-11-13/h5-6,14H,3-4H2,1-2H3;4-5H,3H2,1-2H3. The first-order valence-electron chi connectivity index (χ1n) is 8.85. The summed E-state index contributed by atoms with van der Waals surface area (Å²) < 4.78 is 4.50. The third-order valence-electron chi connectivity index (χ3n) is 4.47. The zero-order valence-corrected chi connectivity index (χ0v) is 17.5. The Morgan fingerprint density at radius 3 is 2.22 bits per heavy atom. The van der Waals surface area contributed by atoms with Gasteiger partial charge in [0.2, 0.25) is 0 Å². The summed E-state index contributed by atoms with van der Waals surface area (Å²) in [6, 6.07) is 0. The summed E-state index contributed by atoms with van der Waals surface area (Å²) in [5.74, 6) is 0. The van der Waals surface area contributed by atoms with E-state index in [4.69, 9.17) is 5.11 Å². The summed E-state index contributed by atoms with van der Waals surface area (Å²) in [6.07, 6.45) is 9.15. The Morgan fingerprint density at radius 2 is 1.52 bits per heavy atom. The highest BCUT2D eigenvalue weighted by molar-refractivity contribution is 9.10. The van der Waals surface area contributed by atoms with Gasteiger partial charge in [-0.1, -0.05) is 6.92 Å². The average Bonchev–Trinajstić information content (AvgIpc) is 3.19. The maximum atomic E-state index is 8.86. The Morgan fingerprint density at radius 1 is 0.926 bits per heavy atom. The number of nitrogens with zero attached hydrogens (tertiary/aromatic N) is 6. The number of aromatic nitrogens is 6. The molecule has 0 bridgehead atoms. The molecule has 8 heteroatoms. The van der Waals surface area contributed by atoms with Gasteiger partial charge >= 0.3 is 0 Å². The van der Waals surface area contributed by atoms with Gasteiger partial charge in [-0.25, -0.2) is 19.0 Å². The van der Waals surface area contributed by atoms with E-state index >= 15 is 0 Å². The summed E-state index contributed by atoms with van der Waals surface area (Å²) in [6.45, 7) is 8.23. The predicted octanol–water partition coefficient (Wildman–Crippen LogP) is 3.24. The molecule has 0 saturated carbocycles. The van der Waals surface area contributed by atoms with Gasteiger partial charge in [0.1, 0.15) is 0 Å². The first kappa shape index (κ1) is 19.4. The van der Waals surface area contributed by atoms with Crippen LogP contribution in [0.2, 0.25) is 0 Å². The third-order valence-corrected chi connectivity index (χ3v) is 5.03. The second-order valence-corrected chi connectivity index (χ2v) is 7.24. The maximum Gasteiger partial charge on any atom is 0.169 e. The molecule has 0 radical (unpaired) electrons. The van der Waals surface area contributed by atoms with Crippen LogP contribution < -0.4 is 0 Å². The number of halogens is 1. The Balaban J connectivity index is 0.000000156. The van der Waals surface area contributed by atoms with Crippen molar-refractivity contribution in [1.29, 1.82) is 0 Å². The maximum absolute atomic E-state index is 8.86. The van der Waals surface area contributed by atoms with Crippen LogP contribution in [-0.4, -0.2) is 40.9 Å². The van der Waals surface area contributed by atoms with Crippen molar-refractivity contribution >= 4 is 27.2 Å². The predicted molar refractivity (Wildman–Crippen MR) is 108 cm³/mol. The van der Waals surface area contributed by atoms with Crippen molar-refractivity contribution < 1.29 is 5.11 Å². The molecular formula is C19H23BrN6O. The number of hydrogen-bond acceptors (Lipinski definition) is 5. The van der Waals surface area contributed by atoms with Crippen LogP contribution >= 0.6 is 15.9 Å². The van der Waals surface area contributed by atoms with Crippen LogP contribution in [0.3, 0.4) is 0 Å². The molecule has 0 fully saturated rings. The van der Waals surface area contributed by atoms with Gasteiger partial charge in [-0.05, 0) is 60.7 Å². The molecule has 0 amide bonds. The van der Waals surface area contributed by atoms with Crippen molar-refractivity contribution in [2.24, 2.45) is 0 Å². The Bertz CT molecular complexity index is 1080. The Hall–Kier alpha value is -2.32. The van der Waals surface area contributed by atoms with Crippen molar-refractivity contribution in [1.82, 2.24) is 29.2 Å². The van der Waals surface area contributed by atoms with E-state index in [1.54, 1.807) is 21.4 Å². The summed E-state index contributed by atoms with van der Waals surface area (Å²) in [4.78, 5) is 8.90. The number of aliphatic hydroxyl groups is 1. The average molecular weight is 431 g/mol. The van der Waals surface area contributed by atoms with Gasteiger partial charge in [-0.2, -0.15) is 10.2 Å². The molecule has 1 N–H and O–H groups in total. The van der Waals surface area contributed by atoms with Crippen molar-refractivity contribution in [2.45, 2.75) is 40.5 Å². The fourth-order valence-corrected chi connectivity index (χ4v) is 3.23. The molecule has 4 aromatic heterocycles. The third kappa shape index (κ3) is 4.01. The molecule has 0 aromatic carbocycles. The van der Waals surface area contributed by atoms with Gasteiger partial charge in [0, 0.05) is 36.0 Å². The van der Waals surface area contributed by atoms with Gasteiger partial charge in [-0.3, -0.25) is 0 Å². The van der Waals surface area contributed by atoms with Gasteiger partial charge in [0.25, 0.3) is 0 Å². The second-order valence-electron chi connectivity index (χ2n) is 6.39. The molecule has 4 heterocycles. The lowest BCUT2D eigenvalue weighted by Crippen LogP contribution is -2.01. The van der Waals surface area contributed by atoms with E-state index in [-0.39, 0.29) is 6.61 Å². The molecule has 0 aliphatic heterocycles. The summed E-state index contributed by atoms with van der Waals surface area (Å²) in [5.41, 5.74) is 7.18. The first-order chi connectivity index (χ1) is 12.9. The van der Waals surface area contributed by atoms with Crippen LogP contribution in [0.4, 0.5) is 0 Å². The smallest absolute Gasteiger partial charge is 0.169 e. The van der Waals surface area contributed by atoms with Crippen molar-refractivity contribution in [3.05, 3.63) is 57.3 Å². The van der Waals surface area contributed by atoms with Gasteiger partial charge in [0.05, 0.1) is 16.9 Å². The monoisotopic (exact) mass is 430 g/mol. The number of hydrogen-bond donors (Lipinski definition) is 1. The minimum Gasteiger partial charge on any atom is -0.396 e. The van der Waals surface area contributed by atoms with E-state index in [0.29, 0.717) is 6.42 Å². The van der Waals surface area contributed by atoms with Gasteiger partial charge < -0.3 is 5.11 Å². The second kappa shape index (κ2) is 8.14. The molecule has 0 aliphatic carbocycles. The normalized spacial score (nSPS) is 11.0. The lowest BCUT2D eigenvalue weighted by Gasteiger charge is -2.04. The molecule has 0 saturated heterocycles. The Kier molecular flexibility index (Phi) is 5.86. The highest BCUT2D eigenvalue weighted by Crippen LogP contribution is 2.17. The highest BCUT2D eigenvalue weighted by Gasteiger charge is 2.06. The molecule has 0 unspecified atom stereocenters. The van der Waals surface area contributed by atoms with Crippen LogP contribution in [0.25, 0.3) is 11.3 Å². The summed E-state index contributed by atoms with van der Waals surface area (Å²) >= 11 is 3.40. The molecule has 27 heavy (non-hydrogen) atoms. The Labute approximate surface area is 166 Å². The van der Waals surface area contributed by atoms with Crippen molar-refractivity contribution in [2.75, 3.05) is 6.61 Å². The SMILES string of the molecule is CCc1cn2ncc(Br)c2nc1C.Cc1nc2c(C)cnn2cc1CCO. The van der Waals surface area contributed by atoms with E-state index < -0.39 is 0 Å². The van der Waals surface area contributed by atoms with Crippen molar-refractivity contribution in [3.8, 4) is 0 Å². The molecule has 0 spiro atoms. The number of rotatable bonds is 3. The first-order valence-corrected chi connectivity index (χ1v) is 9.64. The van der Waals surface area contributed by atoms with Gasteiger partial charge in [-0.15, -0.1) is 0 Å². The van der Waals surface area contributed by atoms with Crippen LogP contribution in [0.1, 0.15) is 35.0 Å². The molecule has 0 aliphatic rings. The quantitative estimate of drug-likeness (QED) is 0.539. The van der Waals surface area contributed by atoms with Crippen LogP contribution in [0, 0.1) is 20.8 Å². The zero-order chi connectivity index (χ0) is 19.6. The van der Waals surface area contributed by atoms with Crippen molar-refractivity contribution in [3.63, 3.8) is 0 Å². The van der Waals surface area contributed by atoms with E-state index in [9.17, 15) is 0 Å². The summed E-state index contributed by atoms with van der Waals surface area (Å²) in [7, 11) is 0. The van der Waals surface area contributed by atoms with E-state index in [0.717, 1.165) is 44.7 Å². The van der Waals surface area contributed by atoms with Crippen LogP contribution in [-0.2, 0) is 12.8 Å². The lowest BCUT2D eigenvalue weighted by atomic mass is 10.2.